The van der Waals surface area contributed by atoms with E-state index in [1.165, 1.54) is 17.8 Å². The SMILES string of the molecule is O=C(NCCSc1ncc(-c2ccc(Cl)cc2)[nH]1)c1ccc(F)c(F)c1. The van der Waals surface area contributed by atoms with E-state index < -0.39 is 17.5 Å². The second kappa shape index (κ2) is 8.33. The number of hydrogen-bond donors (Lipinski definition) is 2. The fraction of sp³-hybridized carbons (Fsp3) is 0.111. The van der Waals surface area contributed by atoms with Crippen LogP contribution in [0.25, 0.3) is 11.3 Å². The Bertz CT molecular complexity index is 915. The van der Waals surface area contributed by atoms with Gasteiger partial charge in [0.15, 0.2) is 16.8 Å². The molecule has 0 saturated heterocycles. The van der Waals surface area contributed by atoms with Crippen molar-refractivity contribution in [2.45, 2.75) is 5.16 Å². The first-order valence-corrected chi connectivity index (χ1v) is 9.06. The highest BCUT2D eigenvalue weighted by Gasteiger charge is 2.09. The van der Waals surface area contributed by atoms with E-state index in [0.29, 0.717) is 17.3 Å². The van der Waals surface area contributed by atoms with Gasteiger partial charge in [-0.3, -0.25) is 4.79 Å². The number of halogens is 3. The van der Waals surface area contributed by atoms with Crippen LogP contribution in [0.4, 0.5) is 8.78 Å². The fourth-order valence-electron chi connectivity index (χ4n) is 2.20. The lowest BCUT2D eigenvalue weighted by Gasteiger charge is -2.05. The van der Waals surface area contributed by atoms with Crippen molar-refractivity contribution < 1.29 is 13.6 Å². The van der Waals surface area contributed by atoms with Crippen molar-refractivity contribution in [3.05, 3.63) is 70.9 Å². The molecule has 3 aromatic rings. The zero-order valence-electron chi connectivity index (χ0n) is 13.4. The molecule has 1 amide bonds. The van der Waals surface area contributed by atoms with Gasteiger partial charge in [-0.1, -0.05) is 35.5 Å². The van der Waals surface area contributed by atoms with Gasteiger partial charge in [0.1, 0.15) is 0 Å². The average Bonchev–Trinajstić information content (AvgIpc) is 3.10. The number of benzene rings is 2. The van der Waals surface area contributed by atoms with Crippen LogP contribution in [0.3, 0.4) is 0 Å². The Morgan fingerprint density at radius 3 is 2.65 bits per heavy atom. The Morgan fingerprint density at radius 1 is 1.15 bits per heavy atom. The molecule has 26 heavy (non-hydrogen) atoms. The lowest BCUT2D eigenvalue weighted by Crippen LogP contribution is -2.25. The summed E-state index contributed by atoms with van der Waals surface area (Å²) in [5, 5.41) is 4.04. The van der Waals surface area contributed by atoms with Crippen LogP contribution >= 0.6 is 23.4 Å². The van der Waals surface area contributed by atoms with Crippen LogP contribution in [0, 0.1) is 11.6 Å². The molecular formula is C18H14ClF2N3OS. The maximum absolute atomic E-state index is 13.1. The Morgan fingerprint density at radius 2 is 1.92 bits per heavy atom. The molecule has 0 atom stereocenters. The smallest absolute Gasteiger partial charge is 0.251 e. The summed E-state index contributed by atoms with van der Waals surface area (Å²) in [6.45, 7) is 0.361. The minimum Gasteiger partial charge on any atom is -0.351 e. The molecule has 0 unspecified atom stereocenters. The standard InChI is InChI=1S/C18H14ClF2N3OS/c19-13-4-1-11(2-5-13)16-10-23-18(24-16)26-8-7-22-17(25)12-3-6-14(20)15(21)9-12/h1-6,9-10H,7-8H2,(H,22,25)(H,23,24). The van der Waals surface area contributed by atoms with Gasteiger partial charge in [-0.05, 0) is 35.9 Å². The quantitative estimate of drug-likeness (QED) is 0.478. The highest BCUT2D eigenvalue weighted by atomic mass is 35.5. The molecule has 0 fully saturated rings. The predicted molar refractivity (Wildman–Crippen MR) is 98.4 cm³/mol. The molecule has 0 bridgehead atoms. The topological polar surface area (TPSA) is 57.8 Å². The molecule has 4 nitrogen and oxygen atoms in total. The highest BCUT2D eigenvalue weighted by molar-refractivity contribution is 7.99. The van der Waals surface area contributed by atoms with Gasteiger partial charge in [-0.25, -0.2) is 13.8 Å². The molecule has 1 aromatic heterocycles. The summed E-state index contributed by atoms with van der Waals surface area (Å²) in [4.78, 5) is 19.4. The number of aromatic nitrogens is 2. The molecule has 8 heteroatoms. The molecule has 1 heterocycles. The third-order valence-corrected chi connectivity index (χ3v) is 4.66. The Labute approximate surface area is 158 Å². The number of nitrogens with one attached hydrogen (secondary N) is 2. The van der Waals surface area contributed by atoms with Gasteiger partial charge in [-0.15, -0.1) is 0 Å². The Hall–Kier alpha value is -2.38. The molecule has 0 aliphatic heterocycles. The first-order chi connectivity index (χ1) is 12.5. The third kappa shape index (κ3) is 4.62. The van der Waals surface area contributed by atoms with Gasteiger partial charge in [0.2, 0.25) is 0 Å². The fourth-order valence-corrected chi connectivity index (χ4v) is 3.04. The van der Waals surface area contributed by atoms with E-state index >= 15 is 0 Å². The molecule has 2 N–H and O–H groups in total. The van der Waals surface area contributed by atoms with Crippen LogP contribution in [0.5, 0.6) is 0 Å². The number of rotatable bonds is 6. The van der Waals surface area contributed by atoms with Crippen molar-refractivity contribution in [2.24, 2.45) is 0 Å². The summed E-state index contributed by atoms with van der Waals surface area (Å²) in [7, 11) is 0. The molecule has 0 aliphatic rings. The summed E-state index contributed by atoms with van der Waals surface area (Å²) in [6.07, 6.45) is 1.73. The molecular weight excluding hydrogens is 380 g/mol. The van der Waals surface area contributed by atoms with Gasteiger partial charge in [0.25, 0.3) is 5.91 Å². The second-order valence-corrected chi connectivity index (χ2v) is 6.86. The molecule has 0 spiro atoms. The zero-order chi connectivity index (χ0) is 18.5. The number of hydrogen-bond acceptors (Lipinski definition) is 3. The molecule has 134 valence electrons. The van der Waals surface area contributed by atoms with Crippen LogP contribution in [0.1, 0.15) is 10.4 Å². The average molecular weight is 394 g/mol. The molecule has 0 radical (unpaired) electrons. The van der Waals surface area contributed by atoms with Crippen LogP contribution in [0.2, 0.25) is 5.02 Å². The number of aromatic amines is 1. The summed E-state index contributed by atoms with van der Waals surface area (Å²) >= 11 is 7.31. The minimum absolute atomic E-state index is 0.0805. The van der Waals surface area contributed by atoms with Gasteiger partial charge >= 0.3 is 0 Å². The lowest BCUT2D eigenvalue weighted by molar-refractivity contribution is 0.0955. The van der Waals surface area contributed by atoms with Gasteiger partial charge in [0.05, 0.1) is 11.9 Å². The number of thioether (sulfide) groups is 1. The molecule has 2 aromatic carbocycles. The summed E-state index contributed by atoms with van der Waals surface area (Å²) < 4.78 is 26.0. The first kappa shape index (κ1) is 18.4. The number of carbonyl (C=O) groups is 1. The number of carbonyl (C=O) groups excluding carboxylic acids is 1. The normalized spacial score (nSPS) is 10.7. The van der Waals surface area contributed by atoms with Crippen LogP contribution in [-0.4, -0.2) is 28.2 Å². The van der Waals surface area contributed by atoms with Crippen molar-refractivity contribution in [1.82, 2.24) is 15.3 Å². The van der Waals surface area contributed by atoms with Gasteiger partial charge in [-0.2, -0.15) is 0 Å². The maximum atomic E-state index is 13.1. The van der Waals surface area contributed by atoms with E-state index in [4.69, 9.17) is 11.6 Å². The van der Waals surface area contributed by atoms with Crippen molar-refractivity contribution in [1.29, 1.82) is 0 Å². The van der Waals surface area contributed by atoms with E-state index in [2.05, 4.69) is 15.3 Å². The highest BCUT2D eigenvalue weighted by Crippen LogP contribution is 2.22. The van der Waals surface area contributed by atoms with Crippen molar-refractivity contribution in [3.63, 3.8) is 0 Å². The van der Waals surface area contributed by atoms with E-state index in [0.717, 1.165) is 28.5 Å². The second-order valence-electron chi connectivity index (χ2n) is 5.34. The van der Waals surface area contributed by atoms with Gasteiger partial charge in [0, 0.05) is 22.9 Å². The van der Waals surface area contributed by atoms with E-state index in [1.807, 2.05) is 12.1 Å². The summed E-state index contributed by atoms with van der Waals surface area (Å²) in [5.74, 6) is -1.90. The third-order valence-electron chi connectivity index (χ3n) is 3.52. The lowest BCUT2D eigenvalue weighted by atomic mass is 10.2. The maximum Gasteiger partial charge on any atom is 0.251 e. The van der Waals surface area contributed by atoms with E-state index in [-0.39, 0.29) is 5.56 Å². The molecule has 0 aliphatic carbocycles. The number of imidazole rings is 1. The van der Waals surface area contributed by atoms with Crippen molar-refractivity contribution in [2.75, 3.05) is 12.3 Å². The summed E-state index contributed by atoms with van der Waals surface area (Å²) in [6, 6.07) is 10.4. The predicted octanol–water partition coefficient (Wildman–Crippen LogP) is 4.53. The minimum atomic E-state index is -1.04. The Kier molecular flexibility index (Phi) is 5.90. The number of nitrogens with zero attached hydrogens (tertiary/aromatic N) is 1. The van der Waals surface area contributed by atoms with E-state index in [1.54, 1.807) is 18.3 Å². The van der Waals surface area contributed by atoms with Crippen molar-refractivity contribution in [3.8, 4) is 11.3 Å². The monoisotopic (exact) mass is 393 g/mol. The number of amides is 1. The van der Waals surface area contributed by atoms with Gasteiger partial charge < -0.3 is 10.3 Å². The number of H-pyrrole nitrogens is 1. The van der Waals surface area contributed by atoms with Crippen molar-refractivity contribution >= 4 is 29.3 Å². The van der Waals surface area contributed by atoms with Crippen LogP contribution < -0.4 is 5.32 Å². The van der Waals surface area contributed by atoms with Crippen LogP contribution in [0.15, 0.2) is 53.8 Å². The van der Waals surface area contributed by atoms with E-state index in [9.17, 15) is 13.6 Å². The largest absolute Gasteiger partial charge is 0.351 e. The first-order valence-electron chi connectivity index (χ1n) is 7.70. The summed E-state index contributed by atoms with van der Waals surface area (Å²) in [5.41, 5.74) is 1.92. The molecule has 0 saturated carbocycles. The Balaban J connectivity index is 1.48. The van der Waals surface area contributed by atoms with Crippen LogP contribution in [-0.2, 0) is 0 Å². The zero-order valence-corrected chi connectivity index (χ0v) is 15.0. The molecule has 3 rings (SSSR count).